The van der Waals surface area contributed by atoms with Crippen molar-refractivity contribution in [2.24, 2.45) is 10.9 Å². The van der Waals surface area contributed by atoms with Crippen LogP contribution in [0.4, 0.5) is 0 Å². The van der Waals surface area contributed by atoms with Crippen LogP contribution in [0.5, 0.6) is 5.75 Å². The number of hydrogen-bond donors (Lipinski definition) is 0. The van der Waals surface area contributed by atoms with Crippen LogP contribution in [0.1, 0.15) is 69.8 Å². The zero-order valence-corrected chi connectivity index (χ0v) is 19.2. The van der Waals surface area contributed by atoms with Crippen molar-refractivity contribution in [2.75, 3.05) is 7.11 Å². The SMILES string of the molecule is COc1ccc(C2C(C(=O)OC3CCCCC3)=C(C)N=C3CCCC(=O)C32)cc1Br. The standard InChI is InChI=1S/C24H28BrNO4/c1-14-21(24(28)30-16-7-4-3-5-8-16)22(15-11-12-20(29-2)17(25)13-15)23-18(26-14)9-6-10-19(23)27/h11-13,16,22-23H,3-10H2,1-2H3. The summed E-state index contributed by atoms with van der Waals surface area (Å²) in [5.74, 6) is -0.212. The molecular formula is C24H28BrNO4. The third kappa shape index (κ3) is 4.11. The topological polar surface area (TPSA) is 65.0 Å². The molecule has 0 bridgehead atoms. The van der Waals surface area contributed by atoms with E-state index in [4.69, 9.17) is 14.5 Å². The molecule has 0 spiro atoms. The number of aliphatic imine (C=N–C) groups is 1. The van der Waals surface area contributed by atoms with E-state index < -0.39 is 5.92 Å². The predicted octanol–water partition coefficient (Wildman–Crippen LogP) is 5.52. The number of allylic oxidation sites excluding steroid dienone is 1. The van der Waals surface area contributed by atoms with E-state index in [9.17, 15) is 9.59 Å². The van der Waals surface area contributed by atoms with Crippen LogP contribution in [-0.4, -0.2) is 30.7 Å². The zero-order chi connectivity index (χ0) is 21.3. The van der Waals surface area contributed by atoms with Crippen LogP contribution in [0.25, 0.3) is 0 Å². The Hall–Kier alpha value is -1.95. The lowest BCUT2D eigenvalue weighted by Gasteiger charge is -2.36. The molecule has 1 aromatic rings. The van der Waals surface area contributed by atoms with Gasteiger partial charge in [0.2, 0.25) is 0 Å². The molecule has 2 atom stereocenters. The lowest BCUT2D eigenvalue weighted by atomic mass is 9.69. The van der Waals surface area contributed by atoms with E-state index >= 15 is 0 Å². The average molecular weight is 474 g/mol. The maximum absolute atomic E-state index is 13.4. The smallest absolute Gasteiger partial charge is 0.336 e. The van der Waals surface area contributed by atoms with Gasteiger partial charge in [-0.05, 0) is 79.1 Å². The maximum Gasteiger partial charge on any atom is 0.336 e. The molecule has 1 aromatic carbocycles. The van der Waals surface area contributed by atoms with Crippen LogP contribution in [0, 0.1) is 5.92 Å². The molecule has 2 unspecified atom stereocenters. The van der Waals surface area contributed by atoms with Crippen molar-refractivity contribution in [1.29, 1.82) is 0 Å². The van der Waals surface area contributed by atoms with Gasteiger partial charge in [-0.15, -0.1) is 0 Å². The number of carbonyl (C=O) groups is 2. The van der Waals surface area contributed by atoms with E-state index in [1.807, 2.05) is 25.1 Å². The van der Waals surface area contributed by atoms with Gasteiger partial charge < -0.3 is 9.47 Å². The van der Waals surface area contributed by atoms with Gasteiger partial charge in [-0.2, -0.15) is 0 Å². The summed E-state index contributed by atoms with van der Waals surface area (Å²) in [5, 5.41) is 0. The van der Waals surface area contributed by atoms with Crippen molar-refractivity contribution in [3.8, 4) is 5.75 Å². The minimum Gasteiger partial charge on any atom is -0.496 e. The van der Waals surface area contributed by atoms with Crippen LogP contribution in [0.3, 0.4) is 0 Å². The summed E-state index contributed by atoms with van der Waals surface area (Å²) in [6.07, 6.45) is 7.31. The molecule has 30 heavy (non-hydrogen) atoms. The summed E-state index contributed by atoms with van der Waals surface area (Å²) in [6.45, 7) is 1.87. The molecule has 160 valence electrons. The second-order valence-corrected chi connectivity index (χ2v) is 9.29. The Morgan fingerprint density at radius 3 is 2.57 bits per heavy atom. The van der Waals surface area contributed by atoms with Gasteiger partial charge in [-0.25, -0.2) is 4.79 Å². The highest BCUT2D eigenvalue weighted by atomic mass is 79.9. The lowest BCUT2D eigenvalue weighted by Crippen LogP contribution is -2.39. The molecule has 2 aliphatic carbocycles. The van der Waals surface area contributed by atoms with E-state index in [-0.39, 0.29) is 23.8 Å². The van der Waals surface area contributed by atoms with Gasteiger partial charge in [0.05, 0.1) is 23.1 Å². The summed E-state index contributed by atoms with van der Waals surface area (Å²) in [5.41, 5.74) is 3.01. The second-order valence-electron chi connectivity index (χ2n) is 8.44. The van der Waals surface area contributed by atoms with Gasteiger partial charge in [-0.3, -0.25) is 9.79 Å². The number of hydrogen-bond acceptors (Lipinski definition) is 5. The molecule has 6 heteroatoms. The number of methoxy groups -OCH3 is 1. The van der Waals surface area contributed by atoms with Crippen LogP contribution in [0.15, 0.2) is 38.9 Å². The fourth-order valence-corrected chi connectivity index (χ4v) is 5.58. The Kier molecular flexibility index (Phi) is 6.42. The lowest BCUT2D eigenvalue weighted by molar-refractivity contribution is -0.146. The van der Waals surface area contributed by atoms with Crippen molar-refractivity contribution >= 4 is 33.4 Å². The van der Waals surface area contributed by atoms with E-state index in [1.165, 1.54) is 6.42 Å². The monoisotopic (exact) mass is 473 g/mol. The van der Waals surface area contributed by atoms with E-state index in [1.54, 1.807) is 7.11 Å². The number of Topliss-reactive ketones (excluding diaryl/α,β-unsaturated/α-hetero) is 1. The van der Waals surface area contributed by atoms with Crippen molar-refractivity contribution in [3.63, 3.8) is 0 Å². The van der Waals surface area contributed by atoms with Crippen molar-refractivity contribution < 1.29 is 19.1 Å². The number of benzene rings is 1. The highest BCUT2D eigenvalue weighted by Gasteiger charge is 2.44. The molecule has 2 saturated carbocycles. The number of carbonyl (C=O) groups excluding carboxylic acids is 2. The second kappa shape index (κ2) is 9.04. The van der Waals surface area contributed by atoms with Crippen LogP contribution >= 0.6 is 15.9 Å². The van der Waals surface area contributed by atoms with Gasteiger partial charge in [0, 0.05) is 23.7 Å². The Bertz CT molecular complexity index is 914. The predicted molar refractivity (Wildman–Crippen MR) is 119 cm³/mol. The largest absolute Gasteiger partial charge is 0.496 e. The molecular weight excluding hydrogens is 446 g/mol. The third-order valence-electron chi connectivity index (χ3n) is 6.49. The fourth-order valence-electron chi connectivity index (χ4n) is 5.02. The number of esters is 1. The number of fused-ring (bicyclic) bond motifs is 1. The molecule has 0 radical (unpaired) electrons. The van der Waals surface area contributed by atoms with E-state index in [2.05, 4.69) is 15.9 Å². The summed E-state index contributed by atoms with van der Waals surface area (Å²) in [4.78, 5) is 31.1. The quantitative estimate of drug-likeness (QED) is 0.540. The number of rotatable bonds is 4. The van der Waals surface area contributed by atoms with Crippen LogP contribution < -0.4 is 4.74 Å². The zero-order valence-electron chi connectivity index (χ0n) is 17.6. The number of nitrogens with zero attached hydrogens (tertiary/aromatic N) is 1. The highest BCUT2D eigenvalue weighted by Crippen LogP contribution is 2.44. The molecule has 5 nitrogen and oxygen atoms in total. The molecule has 2 fully saturated rings. The first-order chi connectivity index (χ1) is 14.5. The molecule has 0 aromatic heterocycles. The van der Waals surface area contributed by atoms with Gasteiger partial charge in [0.1, 0.15) is 17.6 Å². The normalized spacial score (nSPS) is 24.9. The molecule has 4 rings (SSSR count). The minimum absolute atomic E-state index is 0.0396. The van der Waals surface area contributed by atoms with E-state index in [0.717, 1.165) is 54.3 Å². The summed E-state index contributed by atoms with van der Waals surface area (Å²) in [6, 6.07) is 5.77. The van der Waals surface area contributed by atoms with Gasteiger partial charge in [0.15, 0.2) is 0 Å². The first kappa shape index (κ1) is 21.3. The molecule has 0 saturated heterocycles. The Labute approximate surface area is 186 Å². The first-order valence-corrected chi connectivity index (χ1v) is 11.6. The number of ketones is 1. The Balaban J connectivity index is 1.75. The van der Waals surface area contributed by atoms with Gasteiger partial charge in [-0.1, -0.05) is 12.5 Å². The molecule has 3 aliphatic rings. The first-order valence-electron chi connectivity index (χ1n) is 10.8. The van der Waals surface area contributed by atoms with Crippen LogP contribution in [-0.2, 0) is 14.3 Å². The summed E-state index contributed by atoms with van der Waals surface area (Å²) < 4.78 is 12.1. The average Bonchev–Trinajstić information content (AvgIpc) is 2.73. The van der Waals surface area contributed by atoms with Crippen molar-refractivity contribution in [1.82, 2.24) is 0 Å². The number of ether oxygens (including phenoxy) is 2. The van der Waals surface area contributed by atoms with Crippen LogP contribution in [0.2, 0.25) is 0 Å². The Morgan fingerprint density at radius 2 is 1.87 bits per heavy atom. The Morgan fingerprint density at radius 1 is 1.10 bits per heavy atom. The van der Waals surface area contributed by atoms with Crippen molar-refractivity contribution in [3.05, 3.63) is 39.5 Å². The minimum atomic E-state index is -0.392. The summed E-state index contributed by atoms with van der Waals surface area (Å²) in [7, 11) is 1.62. The molecule has 1 aliphatic heterocycles. The molecule has 0 N–H and O–H groups in total. The highest BCUT2D eigenvalue weighted by molar-refractivity contribution is 9.10. The van der Waals surface area contributed by atoms with Gasteiger partial charge >= 0.3 is 5.97 Å². The third-order valence-corrected chi connectivity index (χ3v) is 7.11. The fraction of sp³-hybridized carbons (Fsp3) is 0.542. The van der Waals surface area contributed by atoms with E-state index in [0.29, 0.717) is 23.4 Å². The summed E-state index contributed by atoms with van der Waals surface area (Å²) >= 11 is 3.56. The van der Waals surface area contributed by atoms with Crippen molar-refractivity contribution in [2.45, 2.75) is 70.3 Å². The maximum atomic E-state index is 13.4. The van der Waals surface area contributed by atoms with Gasteiger partial charge in [0.25, 0.3) is 0 Å². The molecule has 1 heterocycles. The number of halogens is 1. The molecule has 0 amide bonds.